The average Bonchev–Trinajstić information content (AvgIpc) is 2.52. The highest BCUT2D eigenvalue weighted by Gasteiger charge is 2.26. The first kappa shape index (κ1) is 16.0. The minimum atomic E-state index is -0.0317. The summed E-state index contributed by atoms with van der Waals surface area (Å²) in [4.78, 5) is 18.4. The molecular weight excluding hydrogens is 288 g/mol. The fraction of sp³-hybridized carbons (Fsp3) is 0.600. The number of amides is 1. The number of carbonyl (C=O) groups excluding carboxylic acids is 1. The highest BCUT2D eigenvalue weighted by molar-refractivity contribution is 6.29. The zero-order valence-corrected chi connectivity index (χ0v) is 13.4. The molecule has 0 unspecified atom stereocenters. The van der Waals surface area contributed by atoms with Crippen LogP contribution in [-0.4, -0.2) is 28.9 Å². The second-order valence-electron chi connectivity index (χ2n) is 5.71. The smallest absolute Gasteiger partial charge is 0.254 e. The Hall–Kier alpha value is -1.33. The summed E-state index contributed by atoms with van der Waals surface area (Å²) in [5.74, 6) is 6.52. The fourth-order valence-electron chi connectivity index (χ4n) is 3.00. The molecule has 0 bridgehead atoms. The molecular formula is C15H23ClN4O. The minimum Gasteiger partial charge on any atom is -0.339 e. The summed E-state index contributed by atoms with van der Waals surface area (Å²) >= 11 is 5.92. The molecule has 1 aromatic heterocycles. The van der Waals surface area contributed by atoms with Crippen molar-refractivity contribution in [2.24, 2.45) is 11.8 Å². The molecule has 1 fully saturated rings. The van der Waals surface area contributed by atoms with Crippen LogP contribution in [0.2, 0.25) is 5.15 Å². The van der Waals surface area contributed by atoms with E-state index in [0.29, 0.717) is 17.4 Å². The lowest BCUT2D eigenvalue weighted by atomic mass is 9.84. The Morgan fingerprint density at radius 1 is 1.43 bits per heavy atom. The predicted octanol–water partition coefficient (Wildman–Crippen LogP) is 3.06. The summed E-state index contributed by atoms with van der Waals surface area (Å²) in [5.41, 5.74) is 2.95. The van der Waals surface area contributed by atoms with E-state index in [0.717, 1.165) is 18.8 Å². The van der Waals surface area contributed by atoms with Crippen LogP contribution in [0.4, 0.5) is 5.82 Å². The van der Waals surface area contributed by atoms with Gasteiger partial charge < -0.3 is 10.3 Å². The lowest BCUT2D eigenvalue weighted by Crippen LogP contribution is -2.39. The highest BCUT2D eigenvalue weighted by atomic mass is 35.5. The van der Waals surface area contributed by atoms with Gasteiger partial charge in [-0.25, -0.2) is 10.8 Å². The van der Waals surface area contributed by atoms with Crippen molar-refractivity contribution in [2.75, 3.05) is 12.5 Å². The first-order chi connectivity index (χ1) is 10.0. The number of nitrogen functional groups attached to an aromatic ring is 1. The number of nitrogens with one attached hydrogen (secondary N) is 1. The van der Waals surface area contributed by atoms with Crippen LogP contribution in [0.5, 0.6) is 0 Å². The Kier molecular flexibility index (Phi) is 5.42. The molecule has 1 aliphatic carbocycles. The van der Waals surface area contributed by atoms with Gasteiger partial charge in [0.05, 0.1) is 0 Å². The van der Waals surface area contributed by atoms with Crippen LogP contribution in [0.1, 0.15) is 49.4 Å². The molecule has 0 atom stereocenters. The molecule has 21 heavy (non-hydrogen) atoms. The molecule has 3 N–H and O–H groups in total. The summed E-state index contributed by atoms with van der Waals surface area (Å²) in [6.07, 6.45) is 5.77. The molecule has 0 aliphatic heterocycles. The Labute approximate surface area is 130 Å². The largest absolute Gasteiger partial charge is 0.339 e. The standard InChI is InChI=1S/C15H23ClN4O/c1-3-10-4-6-12(7-5-10)20(2)15(21)11-8-13(16)18-14(9-11)19-17/h8-10,12H,3-7,17H2,1-2H3,(H,18,19). The van der Waals surface area contributed by atoms with Crippen LogP contribution in [0.25, 0.3) is 0 Å². The maximum atomic E-state index is 12.6. The number of hydrogen-bond donors (Lipinski definition) is 2. The van der Waals surface area contributed by atoms with Crippen LogP contribution in [-0.2, 0) is 0 Å². The molecule has 1 aliphatic rings. The SMILES string of the molecule is CCC1CCC(N(C)C(=O)c2cc(Cl)nc(NN)c2)CC1. The summed E-state index contributed by atoms with van der Waals surface area (Å²) < 4.78 is 0. The van der Waals surface area contributed by atoms with Crippen molar-refractivity contribution in [3.05, 3.63) is 22.8 Å². The molecule has 1 saturated carbocycles. The number of carbonyl (C=O) groups is 1. The second kappa shape index (κ2) is 7.09. The molecule has 0 saturated heterocycles. The highest BCUT2D eigenvalue weighted by Crippen LogP contribution is 2.29. The zero-order chi connectivity index (χ0) is 15.4. The van der Waals surface area contributed by atoms with Crippen LogP contribution < -0.4 is 11.3 Å². The Morgan fingerprint density at radius 3 is 2.67 bits per heavy atom. The topological polar surface area (TPSA) is 71.2 Å². The molecule has 6 heteroatoms. The van der Waals surface area contributed by atoms with Gasteiger partial charge in [-0.3, -0.25) is 4.79 Å². The monoisotopic (exact) mass is 310 g/mol. The third kappa shape index (κ3) is 3.86. The molecule has 1 aromatic rings. The molecule has 2 rings (SSSR count). The third-order valence-electron chi connectivity index (χ3n) is 4.45. The van der Waals surface area contributed by atoms with E-state index in [-0.39, 0.29) is 11.1 Å². The Bertz CT molecular complexity index is 500. The number of aromatic nitrogens is 1. The summed E-state index contributed by atoms with van der Waals surface area (Å²) in [5, 5.41) is 0.261. The van der Waals surface area contributed by atoms with Gasteiger partial charge in [-0.1, -0.05) is 24.9 Å². The first-order valence-electron chi connectivity index (χ1n) is 7.46. The molecule has 1 amide bonds. The number of nitrogens with two attached hydrogens (primary N) is 1. The van der Waals surface area contributed by atoms with E-state index in [1.807, 2.05) is 11.9 Å². The number of rotatable bonds is 4. The fourth-order valence-corrected chi connectivity index (χ4v) is 3.21. The van der Waals surface area contributed by atoms with Gasteiger partial charge in [-0.2, -0.15) is 0 Å². The average molecular weight is 311 g/mol. The number of halogens is 1. The molecule has 0 spiro atoms. The van der Waals surface area contributed by atoms with Crippen molar-refractivity contribution in [1.29, 1.82) is 0 Å². The van der Waals surface area contributed by atoms with Crippen molar-refractivity contribution in [2.45, 2.75) is 45.1 Å². The Balaban J connectivity index is 2.07. The number of hydrogen-bond acceptors (Lipinski definition) is 4. The molecule has 5 nitrogen and oxygen atoms in total. The quantitative estimate of drug-likeness (QED) is 0.509. The normalized spacial score (nSPS) is 21.9. The van der Waals surface area contributed by atoms with Gasteiger partial charge in [0.1, 0.15) is 11.0 Å². The molecule has 0 radical (unpaired) electrons. The van der Waals surface area contributed by atoms with Gasteiger partial charge in [-0.05, 0) is 43.7 Å². The van der Waals surface area contributed by atoms with Crippen LogP contribution in [0.3, 0.4) is 0 Å². The van der Waals surface area contributed by atoms with E-state index in [2.05, 4.69) is 17.3 Å². The number of pyridine rings is 1. The summed E-state index contributed by atoms with van der Waals surface area (Å²) in [7, 11) is 1.86. The van der Waals surface area contributed by atoms with E-state index in [1.54, 1.807) is 12.1 Å². The van der Waals surface area contributed by atoms with Gasteiger partial charge in [0.2, 0.25) is 0 Å². The minimum absolute atomic E-state index is 0.0317. The van der Waals surface area contributed by atoms with E-state index >= 15 is 0 Å². The van der Waals surface area contributed by atoms with Crippen LogP contribution >= 0.6 is 11.6 Å². The second-order valence-corrected chi connectivity index (χ2v) is 6.09. The molecule has 1 heterocycles. The van der Waals surface area contributed by atoms with Crippen molar-refractivity contribution in [3.8, 4) is 0 Å². The van der Waals surface area contributed by atoms with Gasteiger partial charge >= 0.3 is 0 Å². The molecule has 0 aromatic carbocycles. The van der Waals surface area contributed by atoms with Gasteiger partial charge in [0.25, 0.3) is 5.91 Å². The number of anilines is 1. The Morgan fingerprint density at radius 2 is 2.10 bits per heavy atom. The van der Waals surface area contributed by atoms with Crippen molar-refractivity contribution < 1.29 is 4.79 Å². The van der Waals surface area contributed by atoms with Crippen molar-refractivity contribution in [1.82, 2.24) is 9.88 Å². The van der Waals surface area contributed by atoms with Crippen molar-refractivity contribution >= 4 is 23.3 Å². The predicted molar refractivity (Wildman–Crippen MR) is 85.2 cm³/mol. The summed E-state index contributed by atoms with van der Waals surface area (Å²) in [6, 6.07) is 3.52. The van der Waals surface area contributed by atoms with Crippen LogP contribution in [0, 0.1) is 5.92 Å². The van der Waals surface area contributed by atoms with Gasteiger partial charge in [-0.15, -0.1) is 0 Å². The summed E-state index contributed by atoms with van der Waals surface area (Å²) in [6.45, 7) is 2.24. The van der Waals surface area contributed by atoms with Crippen LogP contribution in [0.15, 0.2) is 12.1 Å². The molecule has 116 valence electrons. The lowest BCUT2D eigenvalue weighted by Gasteiger charge is -2.34. The third-order valence-corrected chi connectivity index (χ3v) is 4.64. The van der Waals surface area contributed by atoms with E-state index in [4.69, 9.17) is 17.4 Å². The first-order valence-corrected chi connectivity index (χ1v) is 7.84. The van der Waals surface area contributed by atoms with Crippen molar-refractivity contribution in [3.63, 3.8) is 0 Å². The van der Waals surface area contributed by atoms with E-state index in [1.165, 1.54) is 19.3 Å². The number of hydrazine groups is 1. The maximum absolute atomic E-state index is 12.6. The number of nitrogens with zero attached hydrogens (tertiary/aromatic N) is 2. The lowest BCUT2D eigenvalue weighted by molar-refractivity contribution is 0.0674. The maximum Gasteiger partial charge on any atom is 0.254 e. The zero-order valence-electron chi connectivity index (χ0n) is 12.6. The van der Waals surface area contributed by atoms with Gasteiger partial charge in [0.15, 0.2) is 0 Å². The van der Waals surface area contributed by atoms with Gasteiger partial charge in [0, 0.05) is 18.7 Å². The van der Waals surface area contributed by atoms with E-state index < -0.39 is 0 Å². The van der Waals surface area contributed by atoms with E-state index in [9.17, 15) is 4.79 Å².